The van der Waals surface area contributed by atoms with E-state index in [1.54, 1.807) is 24.3 Å². The first kappa shape index (κ1) is 25.4. The van der Waals surface area contributed by atoms with Gasteiger partial charge in [-0.25, -0.2) is 9.78 Å². The van der Waals surface area contributed by atoms with Crippen molar-refractivity contribution in [3.8, 4) is 0 Å². The number of nitrogens with one attached hydrogen (secondary N) is 1. The van der Waals surface area contributed by atoms with Crippen molar-refractivity contribution < 1.29 is 28.7 Å². The van der Waals surface area contributed by atoms with Gasteiger partial charge in [0.05, 0.1) is 16.7 Å². The van der Waals surface area contributed by atoms with Crippen LogP contribution in [0.25, 0.3) is 0 Å². The molecule has 1 N–H and O–H groups in total. The monoisotopic (exact) mass is 519 g/mol. The van der Waals surface area contributed by atoms with Crippen molar-refractivity contribution in [3.05, 3.63) is 53.2 Å². The van der Waals surface area contributed by atoms with E-state index >= 15 is 0 Å². The third-order valence-corrected chi connectivity index (χ3v) is 6.77. The third-order valence-electron chi connectivity index (χ3n) is 6.77. The van der Waals surface area contributed by atoms with Gasteiger partial charge in [-0.3, -0.25) is 29.4 Å². The summed E-state index contributed by atoms with van der Waals surface area (Å²) in [6.07, 6.45) is 1.73. The molecular weight excluding hydrogens is 490 g/mol. The fourth-order valence-electron chi connectivity index (χ4n) is 4.88. The molecule has 2 fully saturated rings. The Morgan fingerprint density at radius 2 is 1.63 bits per heavy atom. The number of piperidine rings is 1. The van der Waals surface area contributed by atoms with E-state index in [-0.39, 0.29) is 24.0 Å². The molecule has 3 aliphatic heterocycles. The minimum Gasteiger partial charge on any atom is -0.456 e. The lowest BCUT2D eigenvalue weighted by molar-refractivity contribution is -0.136. The van der Waals surface area contributed by atoms with E-state index in [9.17, 15) is 24.0 Å². The summed E-state index contributed by atoms with van der Waals surface area (Å²) in [5, 5.41) is 2.21. The Hall–Kier alpha value is -4.28. The highest BCUT2D eigenvalue weighted by atomic mass is 16.6. The van der Waals surface area contributed by atoms with Crippen molar-refractivity contribution in [2.75, 3.05) is 36.0 Å². The summed E-state index contributed by atoms with van der Waals surface area (Å²) < 4.78 is 5.39. The zero-order chi connectivity index (χ0) is 27.2. The third kappa shape index (κ3) is 4.83. The van der Waals surface area contributed by atoms with Crippen molar-refractivity contribution in [3.63, 3.8) is 0 Å². The van der Waals surface area contributed by atoms with Gasteiger partial charge in [0.25, 0.3) is 11.8 Å². The molecule has 4 amide bonds. The second kappa shape index (κ2) is 9.55. The summed E-state index contributed by atoms with van der Waals surface area (Å²) in [4.78, 5) is 71.7. The van der Waals surface area contributed by atoms with Crippen LogP contribution >= 0.6 is 0 Å². The fraction of sp³-hybridized carbons (Fsp3) is 0.407. The number of pyridine rings is 1. The van der Waals surface area contributed by atoms with Crippen molar-refractivity contribution in [1.29, 1.82) is 0 Å². The van der Waals surface area contributed by atoms with Gasteiger partial charge in [0.2, 0.25) is 11.8 Å². The van der Waals surface area contributed by atoms with Crippen LogP contribution < -0.4 is 15.1 Å². The predicted octanol–water partition coefficient (Wildman–Crippen LogP) is 1.76. The minimum atomic E-state index is -0.985. The average Bonchev–Trinajstić information content (AvgIpc) is 3.12. The molecule has 1 unspecified atom stereocenters. The lowest BCUT2D eigenvalue weighted by Crippen LogP contribution is -2.54. The van der Waals surface area contributed by atoms with E-state index in [4.69, 9.17) is 4.74 Å². The van der Waals surface area contributed by atoms with Crippen molar-refractivity contribution in [2.24, 2.45) is 0 Å². The number of hydrogen-bond donors (Lipinski definition) is 1. The van der Waals surface area contributed by atoms with E-state index in [0.717, 1.165) is 16.4 Å². The van der Waals surface area contributed by atoms with Gasteiger partial charge >= 0.3 is 5.97 Å². The van der Waals surface area contributed by atoms with Gasteiger partial charge in [-0.2, -0.15) is 0 Å². The van der Waals surface area contributed by atoms with Gasteiger partial charge in [0.15, 0.2) is 0 Å². The number of piperazine rings is 1. The zero-order valence-electron chi connectivity index (χ0n) is 21.5. The summed E-state index contributed by atoms with van der Waals surface area (Å²) in [5.74, 6) is -1.72. The molecule has 1 atom stereocenters. The summed E-state index contributed by atoms with van der Waals surface area (Å²) >= 11 is 0. The van der Waals surface area contributed by atoms with Crippen LogP contribution in [0.4, 0.5) is 11.5 Å². The lowest BCUT2D eigenvalue weighted by atomic mass is 10.0. The molecule has 3 aliphatic rings. The Kier molecular flexibility index (Phi) is 6.38. The zero-order valence-corrected chi connectivity index (χ0v) is 21.5. The number of rotatable bonds is 4. The molecule has 1 aromatic heterocycles. The summed E-state index contributed by atoms with van der Waals surface area (Å²) in [7, 11) is 0. The number of carbonyl (C=O) groups excluding carboxylic acids is 5. The highest BCUT2D eigenvalue weighted by molar-refractivity contribution is 6.23. The largest absolute Gasteiger partial charge is 0.456 e. The smallest absolute Gasteiger partial charge is 0.340 e. The van der Waals surface area contributed by atoms with E-state index in [1.165, 1.54) is 6.20 Å². The number of imide groups is 2. The average molecular weight is 520 g/mol. The molecule has 2 aromatic rings. The van der Waals surface area contributed by atoms with Gasteiger partial charge in [-0.1, -0.05) is 0 Å². The van der Waals surface area contributed by atoms with Crippen LogP contribution in [0.2, 0.25) is 0 Å². The highest BCUT2D eigenvalue weighted by Gasteiger charge is 2.44. The number of amides is 4. The second-order valence-electron chi connectivity index (χ2n) is 10.6. The molecule has 0 saturated carbocycles. The van der Waals surface area contributed by atoms with Crippen molar-refractivity contribution >= 4 is 41.1 Å². The molecule has 5 rings (SSSR count). The Bertz CT molecular complexity index is 1320. The van der Waals surface area contributed by atoms with Crippen LogP contribution in [-0.4, -0.2) is 77.3 Å². The van der Waals surface area contributed by atoms with Crippen LogP contribution in [-0.2, 0) is 14.3 Å². The van der Waals surface area contributed by atoms with Gasteiger partial charge in [-0.15, -0.1) is 0 Å². The first-order valence-electron chi connectivity index (χ1n) is 12.6. The maximum atomic E-state index is 13.1. The number of ether oxygens (including phenoxy) is 1. The number of hydrogen-bond acceptors (Lipinski definition) is 9. The van der Waals surface area contributed by atoms with Gasteiger partial charge < -0.3 is 14.5 Å². The van der Waals surface area contributed by atoms with E-state index in [0.29, 0.717) is 31.7 Å². The number of nitrogens with zero attached hydrogens (tertiary/aromatic N) is 4. The molecule has 0 aliphatic carbocycles. The van der Waals surface area contributed by atoms with E-state index < -0.39 is 41.2 Å². The van der Waals surface area contributed by atoms with E-state index in [2.05, 4.69) is 20.1 Å². The Balaban J connectivity index is 1.24. The number of aromatic nitrogens is 1. The Morgan fingerprint density at radius 3 is 2.26 bits per heavy atom. The Labute approximate surface area is 219 Å². The van der Waals surface area contributed by atoms with Crippen LogP contribution in [0.3, 0.4) is 0 Å². The van der Waals surface area contributed by atoms with Crippen molar-refractivity contribution in [2.45, 2.75) is 45.3 Å². The molecule has 0 bridgehead atoms. The quantitative estimate of drug-likeness (QED) is 0.474. The van der Waals surface area contributed by atoms with Crippen LogP contribution in [0.5, 0.6) is 0 Å². The topological polar surface area (TPSA) is 129 Å². The molecule has 0 spiro atoms. The number of esters is 1. The van der Waals surface area contributed by atoms with Crippen LogP contribution in [0, 0.1) is 0 Å². The minimum absolute atomic E-state index is 0.0813. The maximum absolute atomic E-state index is 13.1. The molecule has 0 radical (unpaired) electrons. The number of anilines is 2. The fourth-order valence-corrected chi connectivity index (χ4v) is 4.88. The molecule has 2 saturated heterocycles. The summed E-state index contributed by atoms with van der Waals surface area (Å²) in [6, 6.07) is 7.66. The van der Waals surface area contributed by atoms with Gasteiger partial charge in [-0.05, 0) is 57.5 Å². The maximum Gasteiger partial charge on any atom is 0.340 e. The molecular formula is C27H29N5O6. The molecule has 4 heterocycles. The SMILES string of the molecule is CC(C)(C)OC(=O)c1ccc(N2CCN(c3ccc4c(c3)C(=O)N(C3CCC(=O)NC3=O)C4=O)CC2)nc1. The van der Waals surface area contributed by atoms with Crippen molar-refractivity contribution in [1.82, 2.24) is 15.2 Å². The Morgan fingerprint density at radius 1 is 0.947 bits per heavy atom. The molecule has 198 valence electrons. The summed E-state index contributed by atoms with van der Waals surface area (Å²) in [5.41, 5.74) is 1.15. The number of benzene rings is 1. The molecule has 38 heavy (non-hydrogen) atoms. The standard InChI is InChI=1S/C27H29N5O6/c1-27(2,3)38-26(37)16-4-8-21(28-15-16)31-12-10-30(11-13-31)17-5-6-18-19(14-17)25(36)32(24(18)35)20-7-9-22(33)29-23(20)34/h4-6,8,14-15,20H,7,9-13H2,1-3H3,(H,29,33,34). The summed E-state index contributed by atoms with van der Waals surface area (Å²) in [6.45, 7) is 8.11. The number of carbonyl (C=O) groups is 5. The first-order valence-corrected chi connectivity index (χ1v) is 12.6. The van der Waals surface area contributed by atoms with Gasteiger partial charge in [0, 0.05) is 44.5 Å². The van der Waals surface area contributed by atoms with E-state index in [1.807, 2.05) is 26.8 Å². The second-order valence-corrected chi connectivity index (χ2v) is 10.6. The predicted molar refractivity (Wildman–Crippen MR) is 137 cm³/mol. The molecule has 11 nitrogen and oxygen atoms in total. The van der Waals surface area contributed by atoms with Crippen LogP contribution in [0.15, 0.2) is 36.5 Å². The molecule has 1 aromatic carbocycles. The van der Waals surface area contributed by atoms with Gasteiger partial charge in [0.1, 0.15) is 17.5 Å². The van der Waals surface area contributed by atoms with Crippen LogP contribution in [0.1, 0.15) is 64.7 Å². The highest BCUT2D eigenvalue weighted by Crippen LogP contribution is 2.31. The number of fused-ring (bicyclic) bond motifs is 1. The molecule has 11 heteroatoms. The lowest BCUT2D eigenvalue weighted by Gasteiger charge is -2.36. The normalized spacial score (nSPS) is 20.0. The first-order chi connectivity index (χ1) is 18.0.